The Morgan fingerprint density at radius 1 is 0.957 bits per heavy atom. The van der Waals surface area contributed by atoms with E-state index in [9.17, 15) is 18.4 Å². The maximum atomic E-state index is 14.8. The lowest BCUT2D eigenvalue weighted by Gasteiger charge is -2.33. The molecule has 0 spiro atoms. The first-order valence-corrected chi connectivity index (χ1v) is 16.8. The Balaban J connectivity index is 1.54. The minimum atomic E-state index is -0.751. The smallest absolute Gasteiger partial charge is 0.416 e. The summed E-state index contributed by atoms with van der Waals surface area (Å²) in [5.41, 5.74) is 3.28. The monoisotopic (exact) mass is 704 g/mol. The average Bonchev–Trinajstić information content (AvgIpc) is 3.44. The highest BCUT2D eigenvalue weighted by atomic mass is 79.9. The van der Waals surface area contributed by atoms with Gasteiger partial charge in [-0.2, -0.15) is 0 Å². The van der Waals surface area contributed by atoms with Gasteiger partial charge in [0.05, 0.1) is 24.6 Å². The van der Waals surface area contributed by atoms with Crippen molar-refractivity contribution >= 4 is 33.6 Å². The van der Waals surface area contributed by atoms with E-state index < -0.39 is 24.1 Å². The molecular weight excluding hydrogens is 666 g/mol. The molecule has 3 atom stereocenters. The van der Waals surface area contributed by atoms with Crippen LogP contribution < -0.4 is 10.1 Å². The third-order valence-electron chi connectivity index (χ3n) is 8.36. The number of carbonyl (C=O) groups excluding carboxylic acids is 2. The average molecular weight is 706 g/mol. The van der Waals surface area contributed by atoms with Crippen molar-refractivity contribution in [2.45, 2.75) is 57.5 Å². The van der Waals surface area contributed by atoms with Crippen LogP contribution in [0.1, 0.15) is 55.3 Å². The van der Waals surface area contributed by atoms with Crippen LogP contribution >= 0.6 is 15.9 Å². The third-order valence-corrected chi connectivity index (χ3v) is 8.85. The highest BCUT2D eigenvalue weighted by Crippen LogP contribution is 2.39. The lowest BCUT2D eigenvalue weighted by atomic mass is 9.85. The molecule has 0 unspecified atom stereocenters. The Morgan fingerprint density at radius 3 is 2.36 bits per heavy atom. The van der Waals surface area contributed by atoms with Crippen molar-refractivity contribution in [1.82, 2.24) is 4.90 Å². The van der Waals surface area contributed by atoms with Crippen LogP contribution in [0.4, 0.5) is 19.3 Å². The first kappa shape index (κ1) is 34.1. The molecule has 5 rings (SSSR count). The number of nitrogens with zero attached hydrogens (tertiary/aromatic N) is 1. The number of hydrogen-bond acceptors (Lipinski definition) is 5. The Kier molecular flexibility index (Phi) is 12.0. The SMILES string of the molecule is CCCCOc1cc(Br)ccc1[C@@H](Nc1ccc(F)cc1)[C@@H](CCCc1ccc(F)cc1)C(=O)N1C(=O)OC[C@@H]1Cc1ccccc1. The second kappa shape index (κ2) is 16.5. The molecule has 246 valence electrons. The van der Waals surface area contributed by atoms with Gasteiger partial charge in [-0.25, -0.2) is 18.5 Å². The van der Waals surface area contributed by atoms with Gasteiger partial charge in [-0.3, -0.25) is 4.79 Å². The normalized spacial score (nSPS) is 15.6. The lowest BCUT2D eigenvalue weighted by molar-refractivity contribution is -0.134. The minimum absolute atomic E-state index is 0.0987. The lowest BCUT2D eigenvalue weighted by Crippen LogP contribution is -2.46. The molecule has 47 heavy (non-hydrogen) atoms. The summed E-state index contributed by atoms with van der Waals surface area (Å²) in [5, 5.41) is 3.50. The number of imide groups is 1. The minimum Gasteiger partial charge on any atom is -0.493 e. The second-order valence-corrected chi connectivity index (χ2v) is 12.7. The number of rotatable bonds is 15. The molecule has 1 aliphatic rings. The largest absolute Gasteiger partial charge is 0.493 e. The van der Waals surface area contributed by atoms with Crippen molar-refractivity contribution in [3.05, 3.63) is 130 Å². The van der Waals surface area contributed by atoms with Gasteiger partial charge in [0.2, 0.25) is 5.91 Å². The van der Waals surface area contributed by atoms with Gasteiger partial charge in [-0.05, 0) is 91.8 Å². The number of ether oxygens (including phenoxy) is 2. The fraction of sp³-hybridized carbons (Fsp3) is 0.316. The van der Waals surface area contributed by atoms with Crippen LogP contribution in [0.25, 0.3) is 0 Å². The summed E-state index contributed by atoms with van der Waals surface area (Å²) >= 11 is 3.56. The molecule has 2 amide bonds. The number of hydrogen-bond donors (Lipinski definition) is 1. The summed E-state index contributed by atoms with van der Waals surface area (Å²) in [4.78, 5) is 29.3. The summed E-state index contributed by atoms with van der Waals surface area (Å²) in [6.45, 7) is 2.67. The quantitative estimate of drug-likeness (QED) is 0.125. The van der Waals surface area contributed by atoms with Gasteiger partial charge < -0.3 is 14.8 Å². The zero-order valence-corrected chi connectivity index (χ0v) is 27.9. The van der Waals surface area contributed by atoms with Gasteiger partial charge in [0.15, 0.2) is 0 Å². The number of amides is 2. The molecule has 6 nitrogen and oxygen atoms in total. The third kappa shape index (κ3) is 9.19. The van der Waals surface area contributed by atoms with Crippen LogP contribution in [0.3, 0.4) is 0 Å². The predicted octanol–water partition coefficient (Wildman–Crippen LogP) is 9.29. The zero-order valence-electron chi connectivity index (χ0n) is 26.3. The van der Waals surface area contributed by atoms with Crippen molar-refractivity contribution in [3.8, 4) is 5.75 Å². The van der Waals surface area contributed by atoms with E-state index in [1.54, 1.807) is 24.3 Å². The van der Waals surface area contributed by atoms with E-state index in [0.29, 0.717) is 43.7 Å². The highest BCUT2D eigenvalue weighted by molar-refractivity contribution is 9.10. The van der Waals surface area contributed by atoms with Crippen molar-refractivity contribution in [3.63, 3.8) is 0 Å². The molecule has 0 saturated carbocycles. The molecule has 0 aromatic heterocycles. The van der Waals surface area contributed by atoms with Gasteiger partial charge >= 0.3 is 6.09 Å². The van der Waals surface area contributed by atoms with Crippen molar-refractivity contribution < 1.29 is 27.8 Å². The fourth-order valence-corrected chi connectivity index (χ4v) is 6.23. The van der Waals surface area contributed by atoms with E-state index in [2.05, 4.69) is 28.2 Å². The first-order valence-electron chi connectivity index (χ1n) is 16.0. The maximum Gasteiger partial charge on any atom is 0.416 e. The van der Waals surface area contributed by atoms with Gasteiger partial charge in [0.25, 0.3) is 0 Å². The Hall–Kier alpha value is -4.24. The molecule has 4 aromatic carbocycles. The van der Waals surface area contributed by atoms with Crippen LogP contribution in [0.15, 0.2) is 102 Å². The predicted molar refractivity (Wildman–Crippen MR) is 182 cm³/mol. The van der Waals surface area contributed by atoms with Crippen LogP contribution in [0, 0.1) is 17.6 Å². The number of halogens is 3. The topological polar surface area (TPSA) is 67.9 Å². The number of nitrogens with one attached hydrogen (secondary N) is 1. The molecule has 0 bridgehead atoms. The summed E-state index contributed by atoms with van der Waals surface area (Å²) < 4.78 is 40.1. The highest BCUT2D eigenvalue weighted by Gasteiger charge is 2.43. The number of cyclic esters (lactones) is 1. The van der Waals surface area contributed by atoms with Gasteiger partial charge in [-0.15, -0.1) is 0 Å². The van der Waals surface area contributed by atoms with E-state index in [1.807, 2.05) is 48.5 Å². The molecular formula is C38H39BrF2N2O4. The molecule has 0 aliphatic carbocycles. The Morgan fingerprint density at radius 2 is 1.66 bits per heavy atom. The van der Waals surface area contributed by atoms with E-state index in [1.165, 1.54) is 29.2 Å². The first-order chi connectivity index (χ1) is 22.8. The van der Waals surface area contributed by atoms with Crippen LogP contribution in [0.5, 0.6) is 5.75 Å². The number of benzene rings is 4. The number of unbranched alkanes of at least 4 members (excludes halogenated alkanes) is 1. The molecule has 0 radical (unpaired) electrons. The van der Waals surface area contributed by atoms with E-state index in [-0.39, 0.29) is 24.1 Å². The Bertz CT molecular complexity index is 1620. The zero-order chi connectivity index (χ0) is 33.2. The van der Waals surface area contributed by atoms with Crippen LogP contribution in [0.2, 0.25) is 0 Å². The van der Waals surface area contributed by atoms with E-state index >= 15 is 0 Å². The molecule has 9 heteroatoms. The van der Waals surface area contributed by atoms with Crippen LogP contribution in [-0.2, 0) is 22.4 Å². The number of carbonyl (C=O) groups is 2. The summed E-state index contributed by atoms with van der Waals surface area (Å²) in [5.74, 6) is -1.20. The van der Waals surface area contributed by atoms with Crippen molar-refractivity contribution in [2.24, 2.45) is 5.92 Å². The molecule has 1 fully saturated rings. The summed E-state index contributed by atoms with van der Waals surface area (Å²) in [6, 6.07) is 26.5. The van der Waals surface area contributed by atoms with E-state index in [4.69, 9.17) is 9.47 Å². The van der Waals surface area contributed by atoms with Crippen molar-refractivity contribution in [2.75, 3.05) is 18.5 Å². The van der Waals surface area contributed by atoms with Crippen LogP contribution in [-0.4, -0.2) is 36.2 Å². The molecule has 4 aromatic rings. The Labute approximate surface area is 283 Å². The molecule has 1 heterocycles. The molecule has 1 N–H and O–H groups in total. The van der Waals surface area contributed by atoms with Gasteiger partial charge in [-0.1, -0.05) is 77.8 Å². The van der Waals surface area contributed by atoms with E-state index in [0.717, 1.165) is 34.0 Å². The second-order valence-electron chi connectivity index (χ2n) is 11.8. The number of aryl methyl sites for hydroxylation is 1. The molecule has 1 aliphatic heterocycles. The fourth-order valence-electron chi connectivity index (χ4n) is 5.89. The number of anilines is 1. The standard InChI is InChI=1S/C38H39BrF2N2O4/c1-2-3-22-46-35-24-28(39)14-21-33(35)36(42-31-19-17-30(41)18-20-31)34(11-7-10-26-12-15-29(40)16-13-26)37(44)43-32(25-47-38(43)45)23-27-8-5-4-6-9-27/h4-6,8-9,12-21,24,32,34,36,42H,2-3,7,10-11,22-23,25H2,1H3/t32-,34+,36+/m0/s1. The molecule has 1 saturated heterocycles. The maximum absolute atomic E-state index is 14.8. The van der Waals surface area contributed by atoms with Gasteiger partial charge in [0, 0.05) is 15.7 Å². The van der Waals surface area contributed by atoms with Gasteiger partial charge in [0.1, 0.15) is 24.0 Å². The summed E-state index contributed by atoms with van der Waals surface area (Å²) in [7, 11) is 0. The van der Waals surface area contributed by atoms with Crippen molar-refractivity contribution in [1.29, 1.82) is 0 Å². The summed E-state index contributed by atoms with van der Waals surface area (Å²) in [6.07, 6.45) is 3.16.